The summed E-state index contributed by atoms with van der Waals surface area (Å²) < 4.78 is 13.6. The van der Waals surface area contributed by atoms with E-state index in [0.29, 0.717) is 18.4 Å². The van der Waals surface area contributed by atoms with Crippen LogP contribution in [0.1, 0.15) is 60.3 Å². The van der Waals surface area contributed by atoms with Gasteiger partial charge in [0.05, 0.1) is 6.10 Å². The number of rotatable bonds is 6. The number of allylic oxidation sites excluding steroid dienone is 1. The maximum atomic E-state index is 11.5. The second-order valence-electron chi connectivity index (χ2n) is 12.9. The molecule has 3 nitrogen and oxygen atoms in total. The SMILES string of the molecule is C=C[C@@]1(C)[C@H](C)CC[C@@]23C(O)O[C@@H](C[C@@H]2CO[Si](c2ccccc2)(c2ccccc2)C(C)(C)C)C[C@H]13. The van der Waals surface area contributed by atoms with E-state index in [-0.39, 0.29) is 27.9 Å². The molecule has 2 saturated heterocycles. The molecular formula is C32H44O3Si. The Morgan fingerprint density at radius 1 is 1.06 bits per heavy atom. The Bertz CT molecular complexity index is 1020. The van der Waals surface area contributed by atoms with Crippen LogP contribution in [-0.4, -0.2) is 32.4 Å². The van der Waals surface area contributed by atoms with Crippen molar-refractivity contribution in [2.24, 2.45) is 28.6 Å². The summed E-state index contributed by atoms with van der Waals surface area (Å²) in [5, 5.41) is 14.0. The molecule has 6 rings (SSSR count). The Hall–Kier alpha value is -1.72. The van der Waals surface area contributed by atoms with E-state index < -0.39 is 14.6 Å². The molecule has 2 aromatic rings. The molecule has 194 valence electrons. The summed E-state index contributed by atoms with van der Waals surface area (Å²) in [5.74, 6) is 1.18. The van der Waals surface area contributed by atoms with Crippen molar-refractivity contribution in [3.05, 3.63) is 73.3 Å². The Labute approximate surface area is 219 Å². The Morgan fingerprint density at radius 3 is 2.17 bits per heavy atom. The first kappa shape index (κ1) is 25.9. The molecule has 1 N–H and O–H groups in total. The summed E-state index contributed by atoms with van der Waals surface area (Å²) in [5.41, 5.74) is -0.285. The van der Waals surface area contributed by atoms with Gasteiger partial charge in [-0.2, -0.15) is 0 Å². The van der Waals surface area contributed by atoms with Gasteiger partial charge in [-0.25, -0.2) is 0 Å². The van der Waals surface area contributed by atoms with Crippen LogP contribution < -0.4 is 10.4 Å². The highest BCUT2D eigenvalue weighted by Gasteiger charge is 2.66. The largest absolute Gasteiger partial charge is 0.407 e. The van der Waals surface area contributed by atoms with E-state index in [2.05, 4.69) is 108 Å². The van der Waals surface area contributed by atoms with Gasteiger partial charge in [0.15, 0.2) is 6.29 Å². The summed E-state index contributed by atoms with van der Waals surface area (Å²) in [7, 11) is -2.64. The van der Waals surface area contributed by atoms with Crippen molar-refractivity contribution in [1.29, 1.82) is 0 Å². The van der Waals surface area contributed by atoms with Gasteiger partial charge in [0.1, 0.15) is 0 Å². The van der Waals surface area contributed by atoms with E-state index >= 15 is 0 Å². The molecule has 4 heteroatoms. The standard InChI is InChI=1S/C32H44O3Si/c1-7-31(6)23(2)18-19-32-24(20-25(21-28(31)32)35-29(32)33)22-34-36(30(3,4)5,26-14-10-8-11-15-26)27-16-12-9-13-17-27/h7-17,23-25,28-29,33H,1,18-22H2,2-6H3/t23-,24-,25+,28-,29?,31+,32-/m1/s1. The fourth-order valence-electron chi connectivity index (χ4n) is 8.20. The molecule has 2 saturated carbocycles. The van der Waals surface area contributed by atoms with Crippen molar-refractivity contribution in [3.8, 4) is 0 Å². The number of ether oxygens (including phenoxy) is 1. The first-order valence-corrected chi connectivity index (χ1v) is 15.7. The van der Waals surface area contributed by atoms with Gasteiger partial charge in [0, 0.05) is 12.0 Å². The van der Waals surface area contributed by atoms with Crippen molar-refractivity contribution in [2.75, 3.05) is 6.61 Å². The predicted octanol–water partition coefficient (Wildman–Crippen LogP) is 5.92. The maximum Gasteiger partial charge on any atom is 0.261 e. The van der Waals surface area contributed by atoms with Crippen molar-refractivity contribution < 1.29 is 14.3 Å². The molecule has 2 bridgehead atoms. The lowest BCUT2D eigenvalue weighted by Gasteiger charge is -2.66. The summed E-state index contributed by atoms with van der Waals surface area (Å²) in [6, 6.07) is 21.8. The van der Waals surface area contributed by atoms with Crippen molar-refractivity contribution in [2.45, 2.75) is 77.7 Å². The predicted molar refractivity (Wildman–Crippen MR) is 150 cm³/mol. The van der Waals surface area contributed by atoms with Gasteiger partial charge in [-0.1, -0.05) is 101 Å². The second-order valence-corrected chi connectivity index (χ2v) is 17.2. The number of hydrogen-bond donors (Lipinski definition) is 1. The second kappa shape index (κ2) is 9.23. The topological polar surface area (TPSA) is 38.7 Å². The number of aliphatic hydroxyl groups excluding tert-OH is 1. The molecule has 0 amide bonds. The zero-order valence-corrected chi connectivity index (χ0v) is 23.7. The molecule has 2 aliphatic heterocycles. The zero-order valence-electron chi connectivity index (χ0n) is 22.7. The van der Waals surface area contributed by atoms with Gasteiger partial charge < -0.3 is 14.3 Å². The number of hydrogen-bond acceptors (Lipinski definition) is 3. The maximum absolute atomic E-state index is 11.5. The first-order chi connectivity index (χ1) is 17.1. The summed E-state index contributed by atoms with van der Waals surface area (Å²) in [4.78, 5) is 0. The minimum Gasteiger partial charge on any atom is -0.407 e. The average molecular weight is 505 g/mol. The molecule has 0 aromatic heterocycles. The number of aliphatic hydroxyl groups is 1. The van der Waals surface area contributed by atoms with E-state index in [1.165, 1.54) is 10.4 Å². The lowest BCUT2D eigenvalue weighted by Crippen LogP contribution is -2.70. The van der Waals surface area contributed by atoms with Crippen LogP contribution in [0, 0.1) is 28.6 Å². The van der Waals surface area contributed by atoms with Crippen LogP contribution in [-0.2, 0) is 9.16 Å². The van der Waals surface area contributed by atoms with E-state index in [4.69, 9.17) is 9.16 Å². The fraction of sp³-hybridized carbons (Fsp3) is 0.562. The quantitative estimate of drug-likeness (QED) is 0.392. The third-order valence-corrected chi connectivity index (χ3v) is 15.4. The number of fused-ring (bicyclic) bond motifs is 2. The van der Waals surface area contributed by atoms with Crippen LogP contribution in [0.4, 0.5) is 0 Å². The molecule has 2 aromatic carbocycles. The summed E-state index contributed by atoms with van der Waals surface area (Å²) >= 11 is 0. The van der Waals surface area contributed by atoms with Crippen molar-refractivity contribution in [1.82, 2.24) is 0 Å². The Kier molecular flexibility index (Phi) is 6.64. The van der Waals surface area contributed by atoms with Crippen LogP contribution in [0.15, 0.2) is 73.3 Å². The van der Waals surface area contributed by atoms with Crippen LogP contribution >= 0.6 is 0 Å². The fourth-order valence-corrected chi connectivity index (χ4v) is 12.8. The minimum atomic E-state index is -2.64. The van der Waals surface area contributed by atoms with Crippen LogP contribution in [0.2, 0.25) is 5.04 Å². The molecule has 7 atom stereocenters. The molecule has 0 radical (unpaired) electrons. The van der Waals surface area contributed by atoms with Gasteiger partial charge in [0.2, 0.25) is 0 Å². The van der Waals surface area contributed by atoms with Crippen LogP contribution in [0.25, 0.3) is 0 Å². The van der Waals surface area contributed by atoms with E-state index in [9.17, 15) is 5.11 Å². The van der Waals surface area contributed by atoms with Gasteiger partial charge in [-0.15, -0.1) is 6.58 Å². The van der Waals surface area contributed by atoms with Crippen LogP contribution in [0.5, 0.6) is 0 Å². The van der Waals surface area contributed by atoms with Gasteiger partial charge in [0.25, 0.3) is 8.32 Å². The van der Waals surface area contributed by atoms with Crippen molar-refractivity contribution >= 4 is 18.7 Å². The molecule has 1 unspecified atom stereocenters. The zero-order chi connectivity index (χ0) is 25.8. The molecule has 2 aliphatic carbocycles. The lowest BCUT2D eigenvalue weighted by atomic mass is 9.43. The highest BCUT2D eigenvalue weighted by molar-refractivity contribution is 6.99. The average Bonchev–Trinajstić information content (AvgIpc) is 2.87. The smallest absolute Gasteiger partial charge is 0.261 e. The lowest BCUT2D eigenvalue weighted by molar-refractivity contribution is -0.338. The third-order valence-electron chi connectivity index (χ3n) is 10.4. The Balaban J connectivity index is 1.57. The van der Waals surface area contributed by atoms with Crippen LogP contribution in [0.3, 0.4) is 0 Å². The van der Waals surface area contributed by atoms with Crippen molar-refractivity contribution in [3.63, 3.8) is 0 Å². The molecule has 2 heterocycles. The molecule has 4 fully saturated rings. The summed E-state index contributed by atoms with van der Waals surface area (Å²) in [6.45, 7) is 16.7. The van der Waals surface area contributed by atoms with Gasteiger partial charge >= 0.3 is 0 Å². The minimum absolute atomic E-state index is 0.00264. The molecule has 4 aliphatic rings. The highest BCUT2D eigenvalue weighted by atomic mass is 28.4. The third kappa shape index (κ3) is 3.71. The summed E-state index contributed by atoms with van der Waals surface area (Å²) in [6.07, 6.45) is 5.59. The monoisotopic (exact) mass is 504 g/mol. The molecule has 36 heavy (non-hydrogen) atoms. The normalized spacial score (nSPS) is 36.3. The Morgan fingerprint density at radius 2 is 1.64 bits per heavy atom. The first-order valence-electron chi connectivity index (χ1n) is 13.8. The molecule has 1 spiro atoms. The molecular weight excluding hydrogens is 460 g/mol. The number of benzene rings is 2. The highest BCUT2D eigenvalue weighted by Crippen LogP contribution is 2.67. The van der Waals surface area contributed by atoms with E-state index in [0.717, 1.165) is 25.7 Å². The van der Waals surface area contributed by atoms with Gasteiger partial charge in [-0.05, 0) is 64.3 Å². The van der Waals surface area contributed by atoms with Gasteiger partial charge in [-0.3, -0.25) is 0 Å². The van der Waals surface area contributed by atoms with E-state index in [1.807, 2.05) is 0 Å². The van der Waals surface area contributed by atoms with E-state index in [1.54, 1.807) is 0 Å².